The molecule has 0 atom stereocenters. The molecular formula is C22H24N4O2. The van der Waals surface area contributed by atoms with E-state index in [1.807, 2.05) is 30.3 Å². The molecular weight excluding hydrogens is 352 g/mol. The maximum atomic E-state index is 12.5. The molecule has 4 rings (SSSR count). The van der Waals surface area contributed by atoms with Crippen LogP contribution in [-0.2, 0) is 17.9 Å². The largest absolute Gasteiger partial charge is 0.352 e. The third-order valence-electron chi connectivity index (χ3n) is 5.26. The minimum absolute atomic E-state index is 0.0199. The molecule has 0 aliphatic carbocycles. The van der Waals surface area contributed by atoms with E-state index >= 15 is 0 Å². The lowest BCUT2D eigenvalue weighted by Crippen LogP contribution is -2.45. The summed E-state index contributed by atoms with van der Waals surface area (Å²) in [6.45, 7) is 2.88. The fraction of sp³-hybridized carbons (Fsp3) is 0.318. The number of piperidine rings is 1. The lowest BCUT2D eigenvalue weighted by molar-refractivity contribution is -0.122. The fourth-order valence-electron chi connectivity index (χ4n) is 3.77. The summed E-state index contributed by atoms with van der Waals surface area (Å²) in [7, 11) is 0. The predicted octanol–water partition coefficient (Wildman–Crippen LogP) is 2.18. The van der Waals surface area contributed by atoms with Crippen molar-refractivity contribution in [2.75, 3.05) is 13.1 Å². The number of nitrogens with zero attached hydrogens (tertiary/aromatic N) is 3. The maximum absolute atomic E-state index is 12.5. The summed E-state index contributed by atoms with van der Waals surface area (Å²) in [5.41, 5.74) is 2.45. The second-order valence-corrected chi connectivity index (χ2v) is 7.27. The number of rotatable bonds is 5. The minimum atomic E-state index is -0.258. The van der Waals surface area contributed by atoms with Crippen molar-refractivity contribution in [2.45, 2.75) is 32.0 Å². The van der Waals surface area contributed by atoms with Crippen LogP contribution in [0.5, 0.6) is 0 Å². The summed E-state index contributed by atoms with van der Waals surface area (Å²) < 4.78 is 1.49. The second-order valence-electron chi connectivity index (χ2n) is 7.27. The van der Waals surface area contributed by atoms with Crippen LogP contribution in [0.2, 0.25) is 0 Å². The molecule has 0 bridgehead atoms. The molecule has 2 heterocycles. The summed E-state index contributed by atoms with van der Waals surface area (Å²) >= 11 is 0. The highest BCUT2D eigenvalue weighted by molar-refractivity contribution is 5.80. The number of amides is 1. The first-order valence-electron chi connectivity index (χ1n) is 9.69. The molecule has 1 saturated heterocycles. The van der Waals surface area contributed by atoms with Gasteiger partial charge in [-0.25, -0.2) is 4.98 Å². The van der Waals surface area contributed by atoms with Gasteiger partial charge in [-0.15, -0.1) is 0 Å². The van der Waals surface area contributed by atoms with Crippen LogP contribution in [0.25, 0.3) is 11.0 Å². The van der Waals surface area contributed by atoms with E-state index in [1.165, 1.54) is 16.3 Å². The smallest absolute Gasteiger partial charge is 0.269 e. The van der Waals surface area contributed by atoms with Gasteiger partial charge in [-0.2, -0.15) is 0 Å². The highest BCUT2D eigenvalue weighted by Gasteiger charge is 2.21. The molecule has 1 N–H and O–H groups in total. The Morgan fingerprint density at radius 2 is 1.75 bits per heavy atom. The second kappa shape index (κ2) is 8.35. The quantitative estimate of drug-likeness (QED) is 0.741. The first-order valence-corrected chi connectivity index (χ1v) is 9.69. The van der Waals surface area contributed by atoms with Gasteiger partial charge in [0.1, 0.15) is 6.54 Å². The van der Waals surface area contributed by atoms with Gasteiger partial charge < -0.3 is 5.32 Å². The van der Waals surface area contributed by atoms with Crippen molar-refractivity contribution in [1.29, 1.82) is 0 Å². The zero-order valence-electron chi connectivity index (χ0n) is 15.8. The van der Waals surface area contributed by atoms with Crippen LogP contribution in [0.15, 0.2) is 65.6 Å². The van der Waals surface area contributed by atoms with Gasteiger partial charge in [0.2, 0.25) is 5.91 Å². The number of aromatic nitrogens is 2. The summed E-state index contributed by atoms with van der Waals surface area (Å²) in [4.78, 5) is 31.3. The number of hydrogen-bond acceptors (Lipinski definition) is 4. The van der Waals surface area contributed by atoms with Crippen molar-refractivity contribution in [3.05, 3.63) is 76.7 Å². The molecule has 2 aromatic carbocycles. The Morgan fingerprint density at radius 1 is 1.04 bits per heavy atom. The van der Waals surface area contributed by atoms with Crippen LogP contribution < -0.4 is 10.9 Å². The number of carbonyl (C=O) groups is 1. The lowest BCUT2D eigenvalue weighted by Gasteiger charge is -2.32. The summed E-state index contributed by atoms with van der Waals surface area (Å²) in [6, 6.07) is 18.0. The highest BCUT2D eigenvalue weighted by Crippen LogP contribution is 2.14. The molecule has 0 unspecified atom stereocenters. The molecule has 6 heteroatoms. The maximum Gasteiger partial charge on any atom is 0.269 e. The van der Waals surface area contributed by atoms with Gasteiger partial charge in [-0.3, -0.25) is 19.1 Å². The molecule has 1 amide bonds. The number of para-hydroxylation sites is 2. The van der Waals surface area contributed by atoms with Gasteiger partial charge in [0.15, 0.2) is 0 Å². The summed E-state index contributed by atoms with van der Waals surface area (Å²) in [5.74, 6) is -0.125. The molecule has 3 aromatic rings. The Morgan fingerprint density at radius 3 is 2.54 bits per heavy atom. The monoisotopic (exact) mass is 376 g/mol. The molecule has 144 valence electrons. The predicted molar refractivity (Wildman–Crippen MR) is 109 cm³/mol. The van der Waals surface area contributed by atoms with E-state index in [-0.39, 0.29) is 24.1 Å². The molecule has 0 radical (unpaired) electrons. The Labute approximate surface area is 163 Å². The number of benzene rings is 2. The average molecular weight is 376 g/mol. The van der Waals surface area contributed by atoms with E-state index in [0.29, 0.717) is 11.0 Å². The third-order valence-corrected chi connectivity index (χ3v) is 5.26. The zero-order chi connectivity index (χ0) is 19.3. The first-order chi connectivity index (χ1) is 13.7. The third kappa shape index (κ3) is 4.28. The van der Waals surface area contributed by atoms with Crippen LogP contribution >= 0.6 is 0 Å². The Hall–Kier alpha value is -2.99. The van der Waals surface area contributed by atoms with Crippen molar-refractivity contribution >= 4 is 16.9 Å². The highest BCUT2D eigenvalue weighted by atomic mass is 16.2. The zero-order valence-corrected chi connectivity index (χ0v) is 15.8. The average Bonchev–Trinajstić information content (AvgIpc) is 2.72. The molecule has 6 nitrogen and oxygen atoms in total. The van der Waals surface area contributed by atoms with E-state index in [2.05, 4.69) is 39.5 Å². The lowest BCUT2D eigenvalue weighted by atomic mass is 10.0. The van der Waals surface area contributed by atoms with Crippen LogP contribution in [0.3, 0.4) is 0 Å². The van der Waals surface area contributed by atoms with Gasteiger partial charge in [0, 0.05) is 25.7 Å². The summed E-state index contributed by atoms with van der Waals surface area (Å²) in [5, 5.41) is 3.10. The first kappa shape index (κ1) is 18.4. The Balaban J connectivity index is 1.33. The van der Waals surface area contributed by atoms with E-state index in [1.54, 1.807) is 0 Å². The van der Waals surface area contributed by atoms with E-state index in [4.69, 9.17) is 0 Å². The van der Waals surface area contributed by atoms with Gasteiger partial charge in [-0.1, -0.05) is 42.5 Å². The normalized spacial score (nSPS) is 15.6. The van der Waals surface area contributed by atoms with Crippen LogP contribution in [-0.4, -0.2) is 39.5 Å². The number of likely N-dealkylation sites (tertiary alicyclic amines) is 1. The van der Waals surface area contributed by atoms with Crippen LogP contribution in [0.1, 0.15) is 18.4 Å². The van der Waals surface area contributed by atoms with Crippen LogP contribution in [0, 0.1) is 0 Å². The fourth-order valence-corrected chi connectivity index (χ4v) is 3.77. The van der Waals surface area contributed by atoms with Gasteiger partial charge in [0.25, 0.3) is 5.56 Å². The number of nitrogens with one attached hydrogen (secondary N) is 1. The summed E-state index contributed by atoms with van der Waals surface area (Å²) in [6.07, 6.45) is 3.12. The van der Waals surface area contributed by atoms with Crippen molar-refractivity contribution in [3.63, 3.8) is 0 Å². The minimum Gasteiger partial charge on any atom is -0.352 e. The molecule has 28 heavy (non-hydrogen) atoms. The van der Waals surface area contributed by atoms with Crippen LogP contribution in [0.4, 0.5) is 0 Å². The van der Waals surface area contributed by atoms with Gasteiger partial charge in [-0.05, 0) is 30.5 Å². The molecule has 1 aromatic heterocycles. The molecule has 0 spiro atoms. The Kier molecular flexibility index (Phi) is 5.48. The van der Waals surface area contributed by atoms with Crippen molar-refractivity contribution < 1.29 is 4.79 Å². The number of carbonyl (C=O) groups excluding carboxylic acids is 1. The standard InChI is InChI=1S/C22H24N4O2/c27-21(16-26-20-9-5-4-8-19(20)23-14-22(26)28)24-18-10-12-25(13-11-18)15-17-6-2-1-3-7-17/h1-9,14,18H,10-13,15-16H2,(H,24,27). The molecule has 1 aliphatic rings. The molecule has 1 aliphatic heterocycles. The van der Waals surface area contributed by atoms with Gasteiger partial charge >= 0.3 is 0 Å². The Bertz CT molecular complexity index is 1010. The van der Waals surface area contributed by atoms with E-state index in [9.17, 15) is 9.59 Å². The topological polar surface area (TPSA) is 67.2 Å². The van der Waals surface area contributed by atoms with E-state index in [0.717, 1.165) is 32.5 Å². The van der Waals surface area contributed by atoms with Gasteiger partial charge in [0.05, 0.1) is 17.2 Å². The van der Waals surface area contributed by atoms with E-state index < -0.39 is 0 Å². The van der Waals surface area contributed by atoms with Crippen molar-refractivity contribution in [1.82, 2.24) is 19.8 Å². The van der Waals surface area contributed by atoms with Crippen molar-refractivity contribution in [3.8, 4) is 0 Å². The molecule has 1 fully saturated rings. The SMILES string of the molecule is O=C(Cn1c(=O)cnc2ccccc21)NC1CCN(Cc2ccccc2)CC1. The number of hydrogen-bond donors (Lipinski definition) is 1. The van der Waals surface area contributed by atoms with Crippen molar-refractivity contribution in [2.24, 2.45) is 0 Å². The molecule has 0 saturated carbocycles. The number of fused-ring (bicyclic) bond motifs is 1.